The summed E-state index contributed by atoms with van der Waals surface area (Å²) in [5.74, 6) is -1.28. The molecule has 4 nitrogen and oxygen atoms in total. The molecule has 1 aromatic carbocycles. The van der Waals surface area contributed by atoms with Gasteiger partial charge in [-0.25, -0.2) is 13.6 Å². The summed E-state index contributed by atoms with van der Waals surface area (Å²) < 4.78 is 27.0. The number of aliphatic hydroxyl groups excluding tert-OH is 1. The van der Waals surface area contributed by atoms with Crippen LogP contribution in [0.2, 0.25) is 0 Å². The number of piperidine rings is 1. The molecular weight excluding hydrogens is 302 g/mol. The van der Waals surface area contributed by atoms with E-state index < -0.39 is 17.7 Å². The zero-order chi connectivity index (χ0) is 16.8. The van der Waals surface area contributed by atoms with E-state index in [1.807, 2.05) is 6.92 Å². The summed E-state index contributed by atoms with van der Waals surface area (Å²) in [5.41, 5.74) is 0.290. The van der Waals surface area contributed by atoms with Crippen LogP contribution in [0.15, 0.2) is 18.2 Å². The molecule has 0 aliphatic carbocycles. The Morgan fingerprint density at radius 2 is 2.22 bits per heavy atom. The second-order valence-electron chi connectivity index (χ2n) is 5.93. The number of nitrogens with zero attached hydrogens (tertiary/aromatic N) is 1. The molecule has 128 valence electrons. The standard InChI is InChI=1S/C17H24F2N2O2/c1-2-16(14-7-6-12(18)11-15(14)19)20-17(23)21-9-4-3-5-13(21)8-10-22/h6-7,11,13,16,22H,2-5,8-10H2,1H3,(H,20,23). The first-order valence-corrected chi connectivity index (χ1v) is 8.19. The van der Waals surface area contributed by atoms with Gasteiger partial charge in [-0.05, 0) is 38.2 Å². The van der Waals surface area contributed by atoms with Gasteiger partial charge in [0, 0.05) is 30.8 Å². The smallest absolute Gasteiger partial charge is 0.318 e. The highest BCUT2D eigenvalue weighted by atomic mass is 19.1. The Bertz CT molecular complexity index is 537. The van der Waals surface area contributed by atoms with Gasteiger partial charge < -0.3 is 15.3 Å². The Kier molecular flexibility index (Phi) is 6.33. The number of nitrogens with one attached hydrogen (secondary N) is 1. The number of aliphatic hydroxyl groups is 1. The zero-order valence-corrected chi connectivity index (χ0v) is 13.4. The van der Waals surface area contributed by atoms with Crippen LogP contribution in [0.4, 0.5) is 13.6 Å². The molecular formula is C17H24F2N2O2. The van der Waals surface area contributed by atoms with Crippen LogP contribution >= 0.6 is 0 Å². The summed E-state index contributed by atoms with van der Waals surface area (Å²) in [4.78, 5) is 14.3. The molecule has 2 amide bonds. The number of halogens is 2. The minimum atomic E-state index is -0.650. The second kappa shape index (κ2) is 8.24. The van der Waals surface area contributed by atoms with Gasteiger partial charge in [-0.1, -0.05) is 13.0 Å². The Morgan fingerprint density at radius 1 is 1.43 bits per heavy atom. The normalized spacial score (nSPS) is 19.5. The number of carbonyl (C=O) groups is 1. The maximum atomic E-state index is 13.9. The lowest BCUT2D eigenvalue weighted by molar-refractivity contribution is 0.129. The van der Waals surface area contributed by atoms with Crippen LogP contribution in [-0.4, -0.2) is 35.2 Å². The summed E-state index contributed by atoms with van der Waals surface area (Å²) in [5, 5.41) is 12.0. The first-order chi connectivity index (χ1) is 11.1. The Morgan fingerprint density at radius 3 is 2.87 bits per heavy atom. The summed E-state index contributed by atoms with van der Waals surface area (Å²) in [6.07, 6.45) is 3.90. The predicted molar refractivity (Wildman–Crippen MR) is 84.0 cm³/mol. The van der Waals surface area contributed by atoms with Crippen LogP contribution in [-0.2, 0) is 0 Å². The number of urea groups is 1. The molecule has 2 atom stereocenters. The van der Waals surface area contributed by atoms with Gasteiger partial charge in [-0.2, -0.15) is 0 Å². The molecule has 1 fully saturated rings. The number of hydrogen-bond donors (Lipinski definition) is 2. The molecule has 0 aromatic heterocycles. The van der Waals surface area contributed by atoms with Crippen molar-refractivity contribution in [1.29, 1.82) is 0 Å². The third kappa shape index (κ3) is 4.41. The van der Waals surface area contributed by atoms with Crippen molar-refractivity contribution in [2.45, 2.75) is 51.1 Å². The van der Waals surface area contributed by atoms with Gasteiger partial charge in [0.2, 0.25) is 0 Å². The number of rotatable bonds is 5. The number of hydrogen-bond acceptors (Lipinski definition) is 2. The van der Waals surface area contributed by atoms with Crippen molar-refractivity contribution < 1.29 is 18.7 Å². The molecule has 2 N–H and O–H groups in total. The molecule has 23 heavy (non-hydrogen) atoms. The summed E-state index contributed by atoms with van der Waals surface area (Å²) in [6.45, 7) is 2.52. The fraction of sp³-hybridized carbons (Fsp3) is 0.588. The predicted octanol–water partition coefficient (Wildman–Crippen LogP) is 3.36. The topological polar surface area (TPSA) is 52.6 Å². The Balaban J connectivity index is 2.09. The molecule has 6 heteroatoms. The number of carbonyl (C=O) groups excluding carboxylic acids is 1. The Labute approximate surface area is 135 Å². The maximum absolute atomic E-state index is 13.9. The third-order valence-corrected chi connectivity index (χ3v) is 4.39. The van der Waals surface area contributed by atoms with Crippen molar-refractivity contribution in [3.63, 3.8) is 0 Å². The van der Waals surface area contributed by atoms with Crippen molar-refractivity contribution in [2.24, 2.45) is 0 Å². The van der Waals surface area contributed by atoms with Gasteiger partial charge in [-0.3, -0.25) is 0 Å². The molecule has 1 saturated heterocycles. The molecule has 0 bridgehead atoms. The fourth-order valence-electron chi connectivity index (χ4n) is 3.13. The van der Waals surface area contributed by atoms with Gasteiger partial charge in [0.25, 0.3) is 0 Å². The van der Waals surface area contributed by atoms with E-state index in [1.54, 1.807) is 4.90 Å². The minimum Gasteiger partial charge on any atom is -0.396 e. The summed E-state index contributed by atoms with van der Waals surface area (Å²) in [7, 11) is 0. The van der Waals surface area contributed by atoms with E-state index in [0.717, 1.165) is 25.3 Å². The van der Waals surface area contributed by atoms with Gasteiger partial charge in [0.15, 0.2) is 0 Å². The summed E-state index contributed by atoms with van der Waals surface area (Å²) >= 11 is 0. The fourth-order valence-corrected chi connectivity index (χ4v) is 3.13. The van der Waals surface area contributed by atoms with Crippen LogP contribution < -0.4 is 5.32 Å². The first-order valence-electron chi connectivity index (χ1n) is 8.19. The van der Waals surface area contributed by atoms with E-state index in [4.69, 9.17) is 5.11 Å². The van der Waals surface area contributed by atoms with Crippen LogP contribution in [0.3, 0.4) is 0 Å². The lowest BCUT2D eigenvalue weighted by Gasteiger charge is -2.36. The largest absolute Gasteiger partial charge is 0.396 e. The number of likely N-dealkylation sites (tertiary alicyclic amines) is 1. The van der Waals surface area contributed by atoms with E-state index >= 15 is 0 Å². The van der Waals surface area contributed by atoms with Crippen LogP contribution in [0.1, 0.15) is 50.6 Å². The average molecular weight is 326 g/mol. The van der Waals surface area contributed by atoms with Crippen molar-refractivity contribution >= 4 is 6.03 Å². The zero-order valence-electron chi connectivity index (χ0n) is 13.4. The molecule has 2 rings (SSSR count). The molecule has 1 aromatic rings. The lowest BCUT2D eigenvalue weighted by atomic mass is 9.99. The van der Waals surface area contributed by atoms with Gasteiger partial charge in [-0.15, -0.1) is 0 Å². The molecule has 1 aliphatic rings. The van der Waals surface area contributed by atoms with E-state index in [9.17, 15) is 13.6 Å². The molecule has 0 radical (unpaired) electrons. The van der Waals surface area contributed by atoms with Crippen molar-refractivity contribution in [3.05, 3.63) is 35.4 Å². The molecule has 2 unspecified atom stereocenters. The Hall–Kier alpha value is -1.69. The molecule has 1 aliphatic heterocycles. The SMILES string of the molecule is CCC(NC(=O)N1CCCCC1CCO)c1ccc(F)cc1F. The minimum absolute atomic E-state index is 0.0179. The van der Waals surface area contributed by atoms with Gasteiger partial charge in [0.1, 0.15) is 11.6 Å². The second-order valence-corrected chi connectivity index (χ2v) is 5.93. The van der Waals surface area contributed by atoms with Gasteiger partial charge in [0.05, 0.1) is 6.04 Å². The van der Waals surface area contributed by atoms with E-state index in [2.05, 4.69) is 5.32 Å². The molecule has 1 heterocycles. The highest BCUT2D eigenvalue weighted by Gasteiger charge is 2.28. The van der Waals surface area contributed by atoms with Crippen molar-refractivity contribution in [1.82, 2.24) is 10.2 Å². The van der Waals surface area contributed by atoms with Crippen molar-refractivity contribution in [2.75, 3.05) is 13.2 Å². The van der Waals surface area contributed by atoms with Crippen LogP contribution in [0.5, 0.6) is 0 Å². The van der Waals surface area contributed by atoms with E-state index in [0.29, 0.717) is 19.4 Å². The number of amides is 2. The summed E-state index contributed by atoms with van der Waals surface area (Å²) in [6, 6.07) is 2.67. The van der Waals surface area contributed by atoms with Crippen molar-refractivity contribution in [3.8, 4) is 0 Å². The third-order valence-electron chi connectivity index (χ3n) is 4.39. The monoisotopic (exact) mass is 326 g/mol. The molecule has 0 spiro atoms. The highest BCUT2D eigenvalue weighted by molar-refractivity contribution is 5.75. The highest BCUT2D eigenvalue weighted by Crippen LogP contribution is 2.24. The van der Waals surface area contributed by atoms with Crippen LogP contribution in [0, 0.1) is 11.6 Å². The average Bonchev–Trinajstić information content (AvgIpc) is 2.54. The quantitative estimate of drug-likeness (QED) is 0.872. The van der Waals surface area contributed by atoms with E-state index in [-0.39, 0.29) is 24.2 Å². The van der Waals surface area contributed by atoms with Gasteiger partial charge >= 0.3 is 6.03 Å². The van der Waals surface area contributed by atoms with E-state index in [1.165, 1.54) is 12.1 Å². The lowest BCUT2D eigenvalue weighted by Crippen LogP contribution is -2.49. The van der Waals surface area contributed by atoms with Crippen LogP contribution in [0.25, 0.3) is 0 Å². The molecule has 0 saturated carbocycles. The first kappa shape index (κ1) is 17.7. The maximum Gasteiger partial charge on any atom is 0.318 e. The number of benzene rings is 1.